The molecule has 0 unspecified atom stereocenters. The van der Waals surface area contributed by atoms with E-state index >= 15 is 0 Å². The van der Waals surface area contributed by atoms with E-state index in [0.29, 0.717) is 18.8 Å². The Labute approximate surface area is 117 Å². The van der Waals surface area contributed by atoms with Gasteiger partial charge in [-0.2, -0.15) is 0 Å². The number of hydrogen-bond acceptors (Lipinski definition) is 4. The van der Waals surface area contributed by atoms with E-state index in [-0.39, 0.29) is 11.7 Å². The summed E-state index contributed by atoms with van der Waals surface area (Å²) in [5.74, 6) is 5.69. The van der Waals surface area contributed by atoms with Gasteiger partial charge in [0.15, 0.2) is 0 Å². The molecule has 0 fully saturated rings. The molecule has 102 valence electrons. The van der Waals surface area contributed by atoms with E-state index in [1.807, 2.05) is 24.3 Å². The summed E-state index contributed by atoms with van der Waals surface area (Å²) < 4.78 is 4.90. The highest BCUT2D eigenvalue weighted by Gasteiger charge is 2.11. The fourth-order valence-corrected chi connectivity index (χ4v) is 1.68. The standard InChI is InChI=1S/C15H15N3O2/c1-11-9-14(20-18-11)15(19)17-10-13-6-3-2-5-12(13)7-4-8-16/h2-3,5-6,9H,8,10,16H2,1H3,(H,17,19). The lowest BCUT2D eigenvalue weighted by atomic mass is 10.1. The summed E-state index contributed by atoms with van der Waals surface area (Å²) in [6.07, 6.45) is 0. The highest BCUT2D eigenvalue weighted by atomic mass is 16.5. The molecule has 0 saturated carbocycles. The number of aryl methyl sites for hydroxylation is 1. The molecule has 20 heavy (non-hydrogen) atoms. The first kappa shape index (κ1) is 13.8. The maximum Gasteiger partial charge on any atom is 0.290 e. The molecule has 1 heterocycles. The zero-order valence-corrected chi connectivity index (χ0v) is 11.1. The first-order valence-electron chi connectivity index (χ1n) is 6.19. The van der Waals surface area contributed by atoms with Crippen LogP contribution in [0.2, 0.25) is 0 Å². The van der Waals surface area contributed by atoms with Crippen molar-refractivity contribution in [1.29, 1.82) is 0 Å². The molecule has 1 aromatic carbocycles. The maximum atomic E-state index is 11.9. The highest BCUT2D eigenvalue weighted by molar-refractivity contribution is 5.91. The van der Waals surface area contributed by atoms with Gasteiger partial charge in [0.1, 0.15) is 0 Å². The van der Waals surface area contributed by atoms with E-state index in [2.05, 4.69) is 22.3 Å². The second-order valence-electron chi connectivity index (χ2n) is 4.18. The summed E-state index contributed by atoms with van der Waals surface area (Å²) in [6.45, 7) is 2.43. The maximum absolute atomic E-state index is 11.9. The second-order valence-corrected chi connectivity index (χ2v) is 4.18. The van der Waals surface area contributed by atoms with Crippen molar-refractivity contribution in [3.63, 3.8) is 0 Å². The molecule has 3 N–H and O–H groups in total. The Morgan fingerprint density at radius 3 is 2.95 bits per heavy atom. The Hall–Kier alpha value is -2.58. The molecule has 0 spiro atoms. The van der Waals surface area contributed by atoms with Gasteiger partial charge in [-0.05, 0) is 18.6 Å². The summed E-state index contributed by atoms with van der Waals surface area (Å²) in [7, 11) is 0. The van der Waals surface area contributed by atoms with Gasteiger partial charge in [0.05, 0.1) is 12.2 Å². The third-order valence-electron chi connectivity index (χ3n) is 2.63. The van der Waals surface area contributed by atoms with E-state index in [1.165, 1.54) is 0 Å². The Morgan fingerprint density at radius 1 is 1.45 bits per heavy atom. The molecule has 5 nitrogen and oxygen atoms in total. The number of carbonyl (C=O) groups is 1. The van der Waals surface area contributed by atoms with Gasteiger partial charge in [-0.15, -0.1) is 0 Å². The molecule has 0 saturated heterocycles. The Balaban J connectivity index is 2.06. The van der Waals surface area contributed by atoms with E-state index in [0.717, 1.165) is 11.1 Å². The molecule has 1 aromatic heterocycles. The SMILES string of the molecule is Cc1cc(C(=O)NCc2ccccc2C#CCN)on1. The van der Waals surface area contributed by atoms with Crippen molar-refractivity contribution < 1.29 is 9.32 Å². The Kier molecular flexibility index (Phi) is 4.53. The first-order valence-corrected chi connectivity index (χ1v) is 6.19. The van der Waals surface area contributed by atoms with Gasteiger partial charge in [0, 0.05) is 18.2 Å². The lowest BCUT2D eigenvalue weighted by Gasteiger charge is -2.05. The minimum absolute atomic E-state index is 0.202. The van der Waals surface area contributed by atoms with Crippen LogP contribution in [0.5, 0.6) is 0 Å². The monoisotopic (exact) mass is 269 g/mol. The molecule has 1 amide bonds. The van der Waals surface area contributed by atoms with Crippen LogP contribution >= 0.6 is 0 Å². The topological polar surface area (TPSA) is 81.2 Å². The van der Waals surface area contributed by atoms with Crippen LogP contribution in [0.1, 0.15) is 27.4 Å². The summed E-state index contributed by atoms with van der Waals surface area (Å²) >= 11 is 0. The zero-order chi connectivity index (χ0) is 14.4. The van der Waals surface area contributed by atoms with Crippen molar-refractivity contribution in [3.05, 3.63) is 52.9 Å². The van der Waals surface area contributed by atoms with Crippen LogP contribution in [0.15, 0.2) is 34.9 Å². The van der Waals surface area contributed by atoms with Crippen molar-refractivity contribution in [3.8, 4) is 11.8 Å². The molecule has 0 aliphatic rings. The number of amides is 1. The molecule has 5 heteroatoms. The van der Waals surface area contributed by atoms with Crippen molar-refractivity contribution in [2.24, 2.45) is 5.73 Å². The third kappa shape index (κ3) is 3.46. The first-order chi connectivity index (χ1) is 9.70. The van der Waals surface area contributed by atoms with Crippen molar-refractivity contribution in [2.75, 3.05) is 6.54 Å². The van der Waals surface area contributed by atoms with Gasteiger partial charge in [-0.25, -0.2) is 0 Å². The van der Waals surface area contributed by atoms with Crippen LogP contribution in [0.25, 0.3) is 0 Å². The Bertz CT molecular complexity index is 665. The van der Waals surface area contributed by atoms with Gasteiger partial charge in [-0.1, -0.05) is 35.2 Å². The summed E-state index contributed by atoms with van der Waals surface area (Å²) in [4.78, 5) is 11.9. The van der Waals surface area contributed by atoms with Crippen LogP contribution in [0, 0.1) is 18.8 Å². The number of benzene rings is 1. The minimum atomic E-state index is -0.299. The summed E-state index contributed by atoms with van der Waals surface area (Å²) in [5, 5.41) is 6.45. The van der Waals surface area contributed by atoms with E-state index < -0.39 is 0 Å². The highest BCUT2D eigenvalue weighted by Crippen LogP contribution is 2.08. The summed E-state index contributed by atoms with van der Waals surface area (Å²) in [5.41, 5.74) is 7.82. The number of aromatic nitrogens is 1. The van der Waals surface area contributed by atoms with Gasteiger partial charge < -0.3 is 15.6 Å². The molecular weight excluding hydrogens is 254 g/mol. The Morgan fingerprint density at radius 2 is 2.25 bits per heavy atom. The van der Waals surface area contributed by atoms with Crippen LogP contribution in [-0.4, -0.2) is 17.6 Å². The van der Waals surface area contributed by atoms with Crippen LogP contribution in [0.4, 0.5) is 0 Å². The molecule has 0 aliphatic carbocycles. The zero-order valence-electron chi connectivity index (χ0n) is 11.1. The van der Waals surface area contributed by atoms with Crippen LogP contribution in [0.3, 0.4) is 0 Å². The average molecular weight is 269 g/mol. The molecule has 0 atom stereocenters. The quantitative estimate of drug-likeness (QED) is 0.821. The number of hydrogen-bond donors (Lipinski definition) is 2. The number of nitrogens with zero attached hydrogens (tertiary/aromatic N) is 1. The van der Waals surface area contributed by atoms with Crippen molar-refractivity contribution >= 4 is 5.91 Å². The van der Waals surface area contributed by atoms with Gasteiger partial charge in [0.25, 0.3) is 5.91 Å². The van der Waals surface area contributed by atoms with E-state index in [1.54, 1.807) is 13.0 Å². The van der Waals surface area contributed by atoms with E-state index in [9.17, 15) is 4.79 Å². The van der Waals surface area contributed by atoms with Gasteiger partial charge in [-0.3, -0.25) is 4.79 Å². The van der Waals surface area contributed by atoms with Crippen molar-refractivity contribution in [2.45, 2.75) is 13.5 Å². The minimum Gasteiger partial charge on any atom is -0.351 e. The second kappa shape index (κ2) is 6.55. The molecule has 0 aliphatic heterocycles. The molecular formula is C15H15N3O2. The number of rotatable bonds is 3. The summed E-state index contributed by atoms with van der Waals surface area (Å²) in [6, 6.07) is 9.18. The van der Waals surface area contributed by atoms with Gasteiger partial charge in [0.2, 0.25) is 5.76 Å². The molecule has 2 rings (SSSR count). The number of nitrogens with two attached hydrogens (primary N) is 1. The van der Waals surface area contributed by atoms with E-state index in [4.69, 9.17) is 10.3 Å². The fourth-order valence-electron chi connectivity index (χ4n) is 1.68. The number of carbonyl (C=O) groups excluding carboxylic acids is 1. The van der Waals surface area contributed by atoms with Crippen LogP contribution in [-0.2, 0) is 6.54 Å². The van der Waals surface area contributed by atoms with Crippen LogP contribution < -0.4 is 11.1 Å². The lowest BCUT2D eigenvalue weighted by Crippen LogP contribution is -2.22. The normalized spacial score (nSPS) is 9.70. The molecule has 0 bridgehead atoms. The largest absolute Gasteiger partial charge is 0.351 e. The van der Waals surface area contributed by atoms with Gasteiger partial charge >= 0.3 is 0 Å². The lowest BCUT2D eigenvalue weighted by molar-refractivity contribution is 0.0914. The third-order valence-corrected chi connectivity index (χ3v) is 2.63. The van der Waals surface area contributed by atoms with Crippen molar-refractivity contribution in [1.82, 2.24) is 10.5 Å². The predicted molar refractivity (Wildman–Crippen MR) is 74.8 cm³/mol. The predicted octanol–water partition coefficient (Wildman–Crippen LogP) is 1.22. The molecule has 0 radical (unpaired) electrons. The average Bonchev–Trinajstić information content (AvgIpc) is 2.90. The molecule has 2 aromatic rings. The fraction of sp³-hybridized carbons (Fsp3) is 0.200. The smallest absolute Gasteiger partial charge is 0.290 e. The number of nitrogens with one attached hydrogen (secondary N) is 1.